The maximum atomic E-state index is 12.5. The number of urea groups is 1. The molecule has 2 aliphatic heterocycles. The van der Waals surface area contributed by atoms with Gasteiger partial charge >= 0.3 is 12.2 Å². The monoisotopic (exact) mass is 397 g/mol. The lowest BCUT2D eigenvalue weighted by atomic mass is 9.57. The summed E-state index contributed by atoms with van der Waals surface area (Å²) in [6.07, 6.45) is 0.604. The van der Waals surface area contributed by atoms with Gasteiger partial charge in [-0.25, -0.2) is 9.78 Å². The molecule has 1 aliphatic carbocycles. The van der Waals surface area contributed by atoms with E-state index in [9.17, 15) is 22.8 Å². The van der Waals surface area contributed by atoms with Crippen molar-refractivity contribution in [3.8, 4) is 0 Å². The van der Waals surface area contributed by atoms with E-state index in [0.717, 1.165) is 19.0 Å². The van der Waals surface area contributed by atoms with Gasteiger partial charge in [0.25, 0.3) is 0 Å². The van der Waals surface area contributed by atoms with Crippen LogP contribution in [0.2, 0.25) is 0 Å². The van der Waals surface area contributed by atoms with Crippen molar-refractivity contribution in [3.63, 3.8) is 0 Å². The molecule has 2 saturated heterocycles. The Morgan fingerprint density at radius 1 is 1.18 bits per heavy atom. The van der Waals surface area contributed by atoms with E-state index in [-0.39, 0.29) is 23.3 Å². The first-order valence-corrected chi connectivity index (χ1v) is 9.36. The minimum Gasteiger partial charge on any atom is -0.369 e. The van der Waals surface area contributed by atoms with Crippen LogP contribution < -0.4 is 5.73 Å². The third-order valence-corrected chi connectivity index (χ3v) is 6.12. The minimum atomic E-state index is -4.47. The van der Waals surface area contributed by atoms with Crippen molar-refractivity contribution in [3.05, 3.63) is 23.8 Å². The van der Waals surface area contributed by atoms with Crippen molar-refractivity contribution in [2.75, 3.05) is 26.2 Å². The lowest BCUT2D eigenvalue weighted by Gasteiger charge is -2.59. The molecule has 7 nitrogen and oxygen atoms in total. The van der Waals surface area contributed by atoms with Crippen LogP contribution in [0.15, 0.2) is 12.4 Å². The van der Waals surface area contributed by atoms with Gasteiger partial charge in [0, 0.05) is 37.8 Å². The number of nitrogens with two attached hydrogens (primary N) is 1. The van der Waals surface area contributed by atoms with Crippen LogP contribution in [0, 0.1) is 17.3 Å². The second-order valence-electron chi connectivity index (χ2n) is 8.34. The highest BCUT2D eigenvalue weighted by atomic mass is 19.4. The number of alkyl halides is 3. The molecule has 3 fully saturated rings. The lowest BCUT2D eigenvalue weighted by molar-refractivity contribution is -0.141. The van der Waals surface area contributed by atoms with Crippen LogP contribution in [0.25, 0.3) is 0 Å². The average Bonchev–Trinajstić information content (AvgIpc) is 3.05. The Balaban J connectivity index is 1.22. The Labute approximate surface area is 160 Å². The summed E-state index contributed by atoms with van der Waals surface area (Å²) in [5.41, 5.74) is 5.02. The molecule has 1 atom stereocenters. The van der Waals surface area contributed by atoms with Crippen molar-refractivity contribution < 1.29 is 22.8 Å². The van der Waals surface area contributed by atoms with Crippen molar-refractivity contribution in [2.45, 2.75) is 31.9 Å². The van der Waals surface area contributed by atoms with E-state index in [0.29, 0.717) is 50.6 Å². The van der Waals surface area contributed by atoms with E-state index in [4.69, 9.17) is 5.73 Å². The first kappa shape index (κ1) is 18.9. The Morgan fingerprint density at radius 2 is 1.89 bits per heavy atom. The highest BCUT2D eigenvalue weighted by molar-refractivity contribution is 5.80. The summed E-state index contributed by atoms with van der Waals surface area (Å²) >= 11 is 0. The summed E-state index contributed by atoms with van der Waals surface area (Å²) in [7, 11) is 0. The Kier molecular flexibility index (Phi) is 4.46. The van der Waals surface area contributed by atoms with Gasteiger partial charge in [0.2, 0.25) is 5.91 Å². The van der Waals surface area contributed by atoms with E-state index in [1.54, 1.807) is 9.80 Å². The largest absolute Gasteiger partial charge is 0.434 e. The first-order chi connectivity index (χ1) is 13.2. The van der Waals surface area contributed by atoms with E-state index >= 15 is 0 Å². The zero-order chi connectivity index (χ0) is 20.1. The topological polar surface area (TPSA) is 92.4 Å². The highest BCUT2D eigenvalue weighted by Crippen LogP contribution is 2.53. The van der Waals surface area contributed by atoms with Gasteiger partial charge < -0.3 is 15.5 Å². The van der Waals surface area contributed by atoms with Crippen molar-refractivity contribution in [1.29, 1.82) is 0 Å². The molecule has 28 heavy (non-hydrogen) atoms. The van der Waals surface area contributed by atoms with Crippen molar-refractivity contribution >= 4 is 11.9 Å². The van der Waals surface area contributed by atoms with E-state index in [1.807, 2.05) is 0 Å². The summed E-state index contributed by atoms with van der Waals surface area (Å²) in [5, 5.41) is 0. The van der Waals surface area contributed by atoms with Crippen LogP contribution in [0.1, 0.15) is 30.7 Å². The van der Waals surface area contributed by atoms with Gasteiger partial charge in [0.1, 0.15) is 0 Å². The SMILES string of the molecule is NC(=O)[C@H]1CCN(C(=O)N2CC3(CC(Cc4cnc(C(F)(F)F)cn4)C3)C2)C1. The van der Waals surface area contributed by atoms with Crippen LogP contribution in [-0.2, 0) is 17.4 Å². The summed E-state index contributed by atoms with van der Waals surface area (Å²) in [5.74, 6) is -0.255. The number of rotatable bonds is 3. The molecular formula is C18H22F3N5O2. The zero-order valence-electron chi connectivity index (χ0n) is 15.3. The maximum Gasteiger partial charge on any atom is 0.434 e. The van der Waals surface area contributed by atoms with Crippen LogP contribution in [0.5, 0.6) is 0 Å². The quantitative estimate of drug-likeness (QED) is 0.840. The Hall–Kier alpha value is -2.39. The number of halogens is 3. The molecule has 3 amide bonds. The molecule has 0 unspecified atom stereocenters. The predicted octanol–water partition coefficient (Wildman–Crippen LogP) is 1.68. The molecule has 152 valence electrons. The summed E-state index contributed by atoms with van der Waals surface area (Å²) in [6, 6.07) is -0.0357. The number of primary amides is 1. The maximum absolute atomic E-state index is 12.5. The zero-order valence-corrected chi connectivity index (χ0v) is 15.3. The van der Waals surface area contributed by atoms with Gasteiger partial charge in [0.15, 0.2) is 5.69 Å². The molecule has 2 N–H and O–H groups in total. The molecular weight excluding hydrogens is 375 g/mol. The Morgan fingerprint density at radius 3 is 2.43 bits per heavy atom. The van der Waals surface area contributed by atoms with Crippen LogP contribution in [0.4, 0.5) is 18.0 Å². The standard InChI is InChI=1S/C18H22F3N5O2/c19-18(20,21)14-7-23-13(6-24-14)3-11-4-17(5-11)9-26(10-17)16(28)25-2-1-12(8-25)15(22)27/h6-7,11-12H,1-5,8-10H2,(H2,22,27)/t12-/m0/s1. The molecule has 0 aromatic carbocycles. The second-order valence-corrected chi connectivity index (χ2v) is 8.34. The predicted molar refractivity (Wildman–Crippen MR) is 91.7 cm³/mol. The Bertz CT molecular complexity index is 768. The van der Waals surface area contributed by atoms with Gasteiger partial charge in [-0.1, -0.05) is 0 Å². The molecule has 4 rings (SSSR count). The summed E-state index contributed by atoms with van der Waals surface area (Å²) in [4.78, 5) is 34.6. The van der Waals surface area contributed by atoms with Crippen molar-refractivity contribution in [2.24, 2.45) is 23.0 Å². The van der Waals surface area contributed by atoms with Gasteiger partial charge in [-0.2, -0.15) is 13.2 Å². The molecule has 1 spiro atoms. The number of carbonyl (C=O) groups is 2. The second kappa shape index (κ2) is 6.59. The molecule has 3 heterocycles. The van der Waals surface area contributed by atoms with Crippen LogP contribution in [-0.4, -0.2) is 57.9 Å². The summed E-state index contributed by atoms with van der Waals surface area (Å²) in [6.45, 7) is 2.34. The fourth-order valence-electron chi connectivity index (χ4n) is 4.73. The number of aromatic nitrogens is 2. The molecule has 3 aliphatic rings. The summed E-state index contributed by atoms with van der Waals surface area (Å²) < 4.78 is 37.6. The molecule has 0 radical (unpaired) electrons. The van der Waals surface area contributed by atoms with E-state index < -0.39 is 11.9 Å². The van der Waals surface area contributed by atoms with Crippen molar-refractivity contribution in [1.82, 2.24) is 19.8 Å². The molecule has 0 bridgehead atoms. The van der Waals surface area contributed by atoms with Crippen LogP contribution in [0.3, 0.4) is 0 Å². The number of nitrogens with zero attached hydrogens (tertiary/aromatic N) is 4. The third kappa shape index (κ3) is 3.51. The molecule has 10 heteroatoms. The lowest BCUT2D eigenvalue weighted by Crippen LogP contribution is -2.65. The van der Waals surface area contributed by atoms with Crippen LogP contribution >= 0.6 is 0 Å². The van der Waals surface area contributed by atoms with Gasteiger partial charge in [-0.3, -0.25) is 9.78 Å². The molecule has 1 saturated carbocycles. The van der Waals surface area contributed by atoms with E-state index in [1.165, 1.54) is 6.20 Å². The first-order valence-electron chi connectivity index (χ1n) is 9.36. The minimum absolute atomic E-state index is 0.0357. The smallest absolute Gasteiger partial charge is 0.369 e. The molecule has 1 aromatic heterocycles. The number of amides is 3. The van der Waals surface area contributed by atoms with E-state index in [2.05, 4.69) is 9.97 Å². The molecule has 1 aromatic rings. The average molecular weight is 397 g/mol. The fourth-order valence-corrected chi connectivity index (χ4v) is 4.73. The highest BCUT2D eigenvalue weighted by Gasteiger charge is 2.54. The normalized spacial score (nSPS) is 24.2. The number of carbonyl (C=O) groups excluding carboxylic acids is 2. The van der Waals surface area contributed by atoms with Gasteiger partial charge in [0.05, 0.1) is 17.8 Å². The van der Waals surface area contributed by atoms with Gasteiger partial charge in [-0.05, 0) is 31.6 Å². The third-order valence-electron chi connectivity index (χ3n) is 6.12. The number of hydrogen-bond donors (Lipinski definition) is 1. The number of hydrogen-bond acceptors (Lipinski definition) is 4. The number of likely N-dealkylation sites (tertiary alicyclic amines) is 2. The fraction of sp³-hybridized carbons (Fsp3) is 0.667. The van der Waals surface area contributed by atoms with Gasteiger partial charge in [-0.15, -0.1) is 0 Å².